The first-order valence-corrected chi connectivity index (χ1v) is 16.6. The highest BCUT2D eigenvalue weighted by Crippen LogP contribution is 2.51. The van der Waals surface area contributed by atoms with Crippen LogP contribution in [0.2, 0.25) is 0 Å². The van der Waals surface area contributed by atoms with E-state index in [1.54, 1.807) is 0 Å². The number of thiophene rings is 3. The lowest BCUT2D eigenvalue weighted by Crippen LogP contribution is -2.59. The van der Waals surface area contributed by atoms with Crippen LogP contribution in [0.4, 0.5) is 33.4 Å². The van der Waals surface area contributed by atoms with Gasteiger partial charge in [0.05, 0.1) is 11.4 Å². The Labute approximate surface area is 255 Å². The Morgan fingerprint density at radius 1 is 0.476 bits per heavy atom. The highest BCUT2D eigenvalue weighted by atomic mass is 32.1. The Hall–Kier alpha value is -4.36. The van der Waals surface area contributed by atoms with Crippen LogP contribution in [0.1, 0.15) is 0 Å². The van der Waals surface area contributed by atoms with E-state index in [9.17, 15) is 0 Å². The molecule has 0 unspecified atom stereocenters. The molecule has 196 valence electrons. The second-order valence-corrected chi connectivity index (χ2v) is 14.1. The van der Waals surface area contributed by atoms with Gasteiger partial charge < -0.3 is 9.80 Å². The molecule has 0 fully saturated rings. The predicted octanol–water partition coefficient (Wildman–Crippen LogP) is 9.41. The normalized spacial score (nSPS) is 13.6. The van der Waals surface area contributed by atoms with Crippen molar-refractivity contribution >= 4 is 119 Å². The van der Waals surface area contributed by atoms with E-state index in [1.807, 2.05) is 34.0 Å². The molecular weight excluding hydrogens is 567 g/mol. The summed E-state index contributed by atoms with van der Waals surface area (Å²) in [4.78, 5) is 5.08. The van der Waals surface area contributed by atoms with Crippen LogP contribution >= 0.6 is 34.0 Å². The molecule has 0 atom stereocenters. The number of nitrogens with zero attached hydrogens (tertiary/aromatic N) is 2. The van der Waals surface area contributed by atoms with Crippen LogP contribution in [0, 0.1) is 0 Å². The van der Waals surface area contributed by atoms with Gasteiger partial charge >= 0.3 is 0 Å². The van der Waals surface area contributed by atoms with E-state index in [2.05, 4.69) is 137 Å². The molecular formula is C36H21BN2S3. The van der Waals surface area contributed by atoms with Crippen LogP contribution in [-0.4, -0.2) is 6.71 Å². The van der Waals surface area contributed by atoms with Gasteiger partial charge in [-0.25, -0.2) is 0 Å². The van der Waals surface area contributed by atoms with Gasteiger partial charge in [-0.15, -0.1) is 34.0 Å². The second kappa shape index (κ2) is 8.58. The largest absolute Gasteiger partial charge is 0.310 e. The molecule has 2 aliphatic heterocycles. The topological polar surface area (TPSA) is 6.48 Å². The number of anilines is 6. The van der Waals surface area contributed by atoms with Crippen LogP contribution in [0.5, 0.6) is 0 Å². The smallest absolute Gasteiger partial charge is 0.277 e. The molecule has 0 N–H and O–H groups in total. The number of hydrogen-bond donors (Lipinski definition) is 0. The molecule has 5 heterocycles. The van der Waals surface area contributed by atoms with Crippen LogP contribution in [0.15, 0.2) is 127 Å². The molecule has 0 aliphatic carbocycles. The maximum atomic E-state index is 2.57. The lowest BCUT2D eigenvalue weighted by Gasteiger charge is -2.41. The fourth-order valence-corrected chi connectivity index (χ4v) is 10.7. The minimum Gasteiger partial charge on any atom is -0.310 e. The molecule has 0 radical (unpaired) electrons. The standard InChI is InChI=1S/C36H21BN2S3/c1-2-12-23(13-3-1)38-26-16-10-17-27-32(26)37(35-33(38)24-14-5-8-19-29(24)41-35)36-34(25-15-6-9-20-30(25)42-36)39(27)31-21-22-11-4-7-18-28(22)40-31/h1-21H. The summed E-state index contributed by atoms with van der Waals surface area (Å²) >= 11 is 5.81. The molecule has 0 bridgehead atoms. The molecule has 0 saturated carbocycles. The second-order valence-electron chi connectivity index (χ2n) is 10.9. The summed E-state index contributed by atoms with van der Waals surface area (Å²) in [7, 11) is 0. The molecule has 0 saturated heterocycles. The monoisotopic (exact) mass is 588 g/mol. The molecule has 6 heteroatoms. The lowest BCUT2D eigenvalue weighted by atomic mass is 9.39. The van der Waals surface area contributed by atoms with Crippen molar-refractivity contribution in [2.24, 2.45) is 0 Å². The summed E-state index contributed by atoms with van der Waals surface area (Å²) in [5.74, 6) is 0. The zero-order valence-corrected chi connectivity index (χ0v) is 24.8. The molecule has 0 spiro atoms. The Morgan fingerprint density at radius 2 is 1.05 bits per heavy atom. The van der Waals surface area contributed by atoms with Gasteiger partial charge in [0.15, 0.2) is 0 Å². The predicted molar refractivity (Wildman–Crippen MR) is 187 cm³/mol. The maximum absolute atomic E-state index is 2.57. The first-order valence-electron chi connectivity index (χ1n) is 14.1. The number of benzene rings is 5. The van der Waals surface area contributed by atoms with Crippen molar-refractivity contribution in [3.05, 3.63) is 127 Å². The van der Waals surface area contributed by atoms with Gasteiger partial charge in [-0.05, 0) is 59.4 Å². The van der Waals surface area contributed by atoms with E-state index >= 15 is 0 Å². The number of rotatable bonds is 2. The van der Waals surface area contributed by atoms with Crippen molar-refractivity contribution < 1.29 is 0 Å². The number of hydrogen-bond acceptors (Lipinski definition) is 5. The van der Waals surface area contributed by atoms with Crippen molar-refractivity contribution in [1.82, 2.24) is 0 Å². The third kappa shape index (κ3) is 3.04. The minimum absolute atomic E-state index is 0.182. The van der Waals surface area contributed by atoms with Gasteiger partial charge in [0.1, 0.15) is 5.00 Å². The van der Waals surface area contributed by atoms with E-state index in [0.717, 1.165) is 0 Å². The van der Waals surface area contributed by atoms with Crippen LogP contribution in [0.3, 0.4) is 0 Å². The number of para-hydroxylation sites is 1. The van der Waals surface area contributed by atoms with Crippen LogP contribution < -0.4 is 24.8 Å². The Bertz CT molecular complexity index is 2320. The molecule has 0 amide bonds. The quantitative estimate of drug-likeness (QED) is 0.186. The van der Waals surface area contributed by atoms with Gasteiger partial charge in [-0.3, -0.25) is 0 Å². The first kappa shape index (κ1) is 23.2. The number of fused-ring (bicyclic) bond motifs is 9. The van der Waals surface area contributed by atoms with E-state index in [1.165, 1.54) is 78.7 Å². The fraction of sp³-hybridized carbons (Fsp3) is 0. The van der Waals surface area contributed by atoms with Crippen molar-refractivity contribution in [2.75, 3.05) is 9.80 Å². The summed E-state index contributed by atoms with van der Waals surface area (Å²) < 4.78 is 6.87. The first-order chi connectivity index (χ1) is 20.8. The van der Waals surface area contributed by atoms with Gasteiger partial charge in [-0.2, -0.15) is 0 Å². The van der Waals surface area contributed by atoms with Crippen molar-refractivity contribution in [3.63, 3.8) is 0 Å². The molecule has 3 aromatic heterocycles. The van der Waals surface area contributed by atoms with Gasteiger partial charge in [-0.1, -0.05) is 78.9 Å². The van der Waals surface area contributed by atoms with Crippen molar-refractivity contribution in [3.8, 4) is 0 Å². The lowest BCUT2D eigenvalue weighted by molar-refractivity contribution is 1.29. The van der Waals surface area contributed by atoms with Crippen molar-refractivity contribution in [1.29, 1.82) is 0 Å². The van der Waals surface area contributed by atoms with E-state index < -0.39 is 0 Å². The highest BCUT2D eigenvalue weighted by Gasteiger charge is 2.46. The van der Waals surface area contributed by atoms with Gasteiger partial charge in [0, 0.05) is 51.5 Å². The molecule has 2 nitrogen and oxygen atoms in total. The summed E-state index contributed by atoms with van der Waals surface area (Å²) in [6, 6.07) is 46.8. The summed E-state index contributed by atoms with van der Waals surface area (Å²) in [5, 5.41) is 5.22. The average molecular weight is 589 g/mol. The van der Waals surface area contributed by atoms with Crippen molar-refractivity contribution in [2.45, 2.75) is 0 Å². The Balaban J connectivity index is 1.36. The molecule has 5 aromatic carbocycles. The summed E-state index contributed by atoms with van der Waals surface area (Å²) in [5.41, 5.74) is 7.82. The van der Waals surface area contributed by atoms with E-state index in [-0.39, 0.29) is 6.71 Å². The summed E-state index contributed by atoms with van der Waals surface area (Å²) in [6.07, 6.45) is 0. The maximum Gasteiger partial charge on any atom is 0.277 e. The van der Waals surface area contributed by atoms with Crippen LogP contribution in [-0.2, 0) is 0 Å². The Kier molecular flexibility index (Phi) is 4.75. The Morgan fingerprint density at radius 3 is 1.74 bits per heavy atom. The van der Waals surface area contributed by atoms with Gasteiger partial charge in [0.25, 0.3) is 6.71 Å². The zero-order chi connectivity index (χ0) is 27.4. The zero-order valence-electron chi connectivity index (χ0n) is 22.3. The third-order valence-corrected chi connectivity index (χ3v) is 12.2. The molecule has 2 aliphatic rings. The highest BCUT2D eigenvalue weighted by molar-refractivity contribution is 7.41. The summed E-state index contributed by atoms with van der Waals surface area (Å²) in [6.45, 7) is 0.182. The molecule has 10 rings (SSSR count). The molecule has 42 heavy (non-hydrogen) atoms. The SMILES string of the molecule is c1ccc(N2c3cccc4c3B(c3sc5ccccc5c32)c2sc3ccccc3c2N4c2cc3ccccc3s2)cc1. The van der Waals surface area contributed by atoms with E-state index in [0.29, 0.717) is 0 Å². The van der Waals surface area contributed by atoms with E-state index in [4.69, 9.17) is 0 Å². The third-order valence-electron chi connectivity index (χ3n) is 8.64. The minimum atomic E-state index is 0.182. The van der Waals surface area contributed by atoms with Crippen LogP contribution in [0.25, 0.3) is 30.3 Å². The average Bonchev–Trinajstić information content (AvgIpc) is 3.75. The van der Waals surface area contributed by atoms with Gasteiger partial charge in [0.2, 0.25) is 0 Å². The fourth-order valence-electron chi connectivity index (χ4n) is 6.96. The molecule has 8 aromatic rings.